The number of primary amides is 2. The van der Waals surface area contributed by atoms with Gasteiger partial charge in [0.05, 0.1) is 18.9 Å². The molecule has 25 nitrogen and oxygen atoms in total. The fourth-order valence-corrected chi connectivity index (χ4v) is 8.96. The van der Waals surface area contributed by atoms with Crippen molar-refractivity contribution in [2.24, 2.45) is 35.0 Å². The zero-order valence-electron chi connectivity index (χ0n) is 47.8. The first-order valence-electron chi connectivity index (χ1n) is 27.2. The number of phenols is 2. The van der Waals surface area contributed by atoms with Gasteiger partial charge < -0.3 is 75.1 Å². The Kier molecular flexibility index (Phi) is 28.5. The van der Waals surface area contributed by atoms with Crippen LogP contribution in [0.5, 0.6) is 11.5 Å². The number of rotatable bonds is 35. The van der Waals surface area contributed by atoms with Crippen molar-refractivity contribution in [3.05, 3.63) is 95.6 Å². The van der Waals surface area contributed by atoms with E-state index in [1.165, 1.54) is 48.2 Å². The molecule has 10 atom stereocenters. The summed E-state index contributed by atoms with van der Waals surface area (Å²) in [6, 6.07) is 7.46. The summed E-state index contributed by atoms with van der Waals surface area (Å²) in [7, 11) is 0. The number of carboxylic acid groups (broad SMARTS) is 1. The van der Waals surface area contributed by atoms with Crippen molar-refractivity contribution in [1.82, 2.24) is 42.5 Å². The second-order valence-electron chi connectivity index (χ2n) is 21.1. The molecule has 0 aliphatic carbocycles. The number of nitrogens with two attached hydrogens (primary N) is 3. The molecule has 0 unspecified atom stereocenters. The van der Waals surface area contributed by atoms with E-state index in [0.29, 0.717) is 23.3 Å². The topological polar surface area (TPSA) is 423 Å². The normalized spacial score (nSPS) is 14.8. The van der Waals surface area contributed by atoms with Gasteiger partial charge in [-0.3, -0.25) is 52.7 Å². The molecular formula is C57H81N11O14S. The maximum atomic E-state index is 14.4. The fraction of sp³-hybridized carbons (Fsp3) is 0.491. The van der Waals surface area contributed by atoms with Crippen LogP contribution in [0.4, 0.5) is 0 Å². The van der Waals surface area contributed by atoms with E-state index in [-0.39, 0.29) is 49.5 Å². The van der Waals surface area contributed by atoms with Gasteiger partial charge in [-0.2, -0.15) is 11.8 Å². The first-order chi connectivity index (χ1) is 39.1. The van der Waals surface area contributed by atoms with Crippen LogP contribution >= 0.6 is 11.8 Å². The fourth-order valence-electron chi connectivity index (χ4n) is 8.49. The summed E-state index contributed by atoms with van der Waals surface area (Å²) in [4.78, 5) is 149. The SMILES string of the molecule is CC[C@H](C)[C@H](NC(=O)[C@@H](N)Cc1ccccc1)C(=O)N[C@@H](CC(=O)O)C(=O)N[C@@H](CC(C)C)C(=O)N[C@@H](CC(N)=O)C(=O)N[C@@H](Cc1ccc(O)cc1)C(=O)N[C@@H](CCSC)C(=O)N[C@H](C(=O)N[C@@H](Cc1ccc(O)cc1)C(N)=O)C(C)C. The van der Waals surface area contributed by atoms with E-state index in [2.05, 4.69) is 42.5 Å². The highest BCUT2D eigenvalue weighted by atomic mass is 32.2. The van der Waals surface area contributed by atoms with Crippen LogP contribution in [0.15, 0.2) is 78.9 Å². The maximum Gasteiger partial charge on any atom is 0.305 e. The highest BCUT2D eigenvalue weighted by Crippen LogP contribution is 2.16. The van der Waals surface area contributed by atoms with Crippen LogP contribution in [-0.2, 0) is 72.0 Å². The van der Waals surface area contributed by atoms with E-state index < -0.39 is 144 Å². The number of aliphatic carboxylic acids is 1. The summed E-state index contributed by atoms with van der Waals surface area (Å²) in [5, 5.41) is 49.9. The van der Waals surface area contributed by atoms with Crippen LogP contribution < -0.4 is 59.7 Å². The standard InChI is InChI=1S/C57H81N11O14S/c1-8-32(6)48(68-50(75)38(58)25-33-12-10-9-11-13-33)57(82)66-44(29-46(72)73)55(80)63-41(24-30(2)3)52(77)65-43(28-45(59)71)54(79)64-42(27-35-16-20-37(70)21-17-35)53(78)61-39(22-23-83-7)51(76)67-47(31(4)5)56(81)62-40(49(60)74)26-34-14-18-36(69)19-15-34/h9-21,30-32,38-44,47-48,69-70H,8,22-29,58H2,1-7H3,(H2,59,71)(H2,60,74)(H,61,78)(H,62,81)(H,63,80)(H,64,79)(H,65,77)(H,66,82)(H,67,76)(H,68,75)(H,72,73)/t32-,38-,39-,40-,41-,42-,43-,44-,47-,48-/m0/s1. The van der Waals surface area contributed by atoms with Crippen molar-refractivity contribution in [3.63, 3.8) is 0 Å². The van der Waals surface area contributed by atoms with Gasteiger partial charge in [0.1, 0.15) is 59.8 Å². The zero-order valence-corrected chi connectivity index (χ0v) is 48.6. The van der Waals surface area contributed by atoms with E-state index >= 15 is 0 Å². The number of hydrogen-bond acceptors (Lipinski definition) is 15. The molecule has 0 bridgehead atoms. The number of nitrogens with one attached hydrogen (secondary N) is 8. The van der Waals surface area contributed by atoms with Gasteiger partial charge in [-0.25, -0.2) is 0 Å². The second-order valence-corrected chi connectivity index (χ2v) is 22.1. The quantitative estimate of drug-likeness (QED) is 0.0359. The smallest absolute Gasteiger partial charge is 0.305 e. The van der Waals surface area contributed by atoms with E-state index in [0.717, 1.165) is 5.56 Å². The minimum atomic E-state index is -1.82. The van der Waals surface area contributed by atoms with Crippen LogP contribution in [0.2, 0.25) is 0 Å². The van der Waals surface area contributed by atoms with Gasteiger partial charge in [0.15, 0.2) is 0 Å². The lowest BCUT2D eigenvalue weighted by Gasteiger charge is -2.29. The number of thioether (sulfide) groups is 1. The molecule has 26 heteroatoms. The highest BCUT2D eigenvalue weighted by Gasteiger charge is 2.37. The van der Waals surface area contributed by atoms with E-state index in [1.807, 2.05) is 0 Å². The van der Waals surface area contributed by atoms with Crippen LogP contribution in [-0.4, -0.2) is 147 Å². The van der Waals surface area contributed by atoms with Gasteiger partial charge in [0.25, 0.3) is 0 Å². The Bertz CT molecular complexity index is 2700. The molecule has 0 aliphatic rings. The predicted molar refractivity (Wildman–Crippen MR) is 309 cm³/mol. The van der Waals surface area contributed by atoms with Crippen LogP contribution in [0.25, 0.3) is 0 Å². The summed E-state index contributed by atoms with van der Waals surface area (Å²) in [5.74, 6) is -12.1. The minimum absolute atomic E-state index is 0.00897. The Labute approximate surface area is 486 Å². The maximum absolute atomic E-state index is 14.4. The summed E-state index contributed by atoms with van der Waals surface area (Å²) in [5.41, 5.74) is 19.1. The van der Waals surface area contributed by atoms with Gasteiger partial charge in [-0.15, -0.1) is 0 Å². The number of amides is 10. The summed E-state index contributed by atoms with van der Waals surface area (Å²) < 4.78 is 0. The average Bonchev–Trinajstić information content (AvgIpc) is 3.49. The summed E-state index contributed by atoms with van der Waals surface area (Å²) >= 11 is 1.34. The minimum Gasteiger partial charge on any atom is -0.508 e. The molecule has 0 saturated carbocycles. The van der Waals surface area contributed by atoms with Crippen molar-refractivity contribution in [3.8, 4) is 11.5 Å². The molecule has 0 radical (unpaired) electrons. The lowest BCUT2D eigenvalue weighted by molar-refractivity contribution is -0.142. The van der Waals surface area contributed by atoms with Gasteiger partial charge >= 0.3 is 5.97 Å². The highest BCUT2D eigenvalue weighted by molar-refractivity contribution is 7.98. The Morgan fingerprint density at radius 2 is 0.916 bits per heavy atom. The Hall–Kier alpha value is -8.26. The lowest BCUT2D eigenvalue weighted by atomic mass is 9.96. The molecule has 3 rings (SSSR count). The first-order valence-corrected chi connectivity index (χ1v) is 28.6. The van der Waals surface area contributed by atoms with Crippen LogP contribution in [0.1, 0.15) is 90.3 Å². The molecule has 0 heterocycles. The van der Waals surface area contributed by atoms with Crippen LogP contribution in [0, 0.1) is 17.8 Å². The van der Waals surface area contributed by atoms with Gasteiger partial charge in [-0.1, -0.05) is 103 Å². The Morgan fingerprint density at radius 3 is 1.41 bits per heavy atom. The largest absolute Gasteiger partial charge is 0.508 e. The number of carbonyl (C=O) groups excluding carboxylic acids is 10. The molecule has 3 aromatic carbocycles. The third-order valence-electron chi connectivity index (χ3n) is 13.4. The molecule has 0 fully saturated rings. The van der Waals surface area contributed by atoms with Crippen molar-refractivity contribution in [1.29, 1.82) is 0 Å². The molecule has 83 heavy (non-hydrogen) atoms. The number of hydrogen-bond donors (Lipinski definition) is 14. The molecule has 0 saturated heterocycles. The summed E-state index contributed by atoms with van der Waals surface area (Å²) in [6.45, 7) is 10.1. The summed E-state index contributed by atoms with van der Waals surface area (Å²) in [6.07, 6.45) is 0.00844. The van der Waals surface area contributed by atoms with Crippen molar-refractivity contribution < 1.29 is 68.1 Å². The number of aromatic hydroxyl groups is 2. The zero-order chi connectivity index (χ0) is 62.1. The van der Waals surface area contributed by atoms with E-state index in [9.17, 15) is 68.1 Å². The molecule has 0 aromatic heterocycles. The Morgan fingerprint density at radius 1 is 0.494 bits per heavy atom. The van der Waals surface area contributed by atoms with Crippen molar-refractivity contribution >= 4 is 76.8 Å². The monoisotopic (exact) mass is 1180 g/mol. The molecule has 3 aromatic rings. The predicted octanol–water partition coefficient (Wildman–Crippen LogP) is -0.332. The molecular weight excluding hydrogens is 1090 g/mol. The van der Waals surface area contributed by atoms with Crippen LogP contribution in [0.3, 0.4) is 0 Å². The molecule has 454 valence electrons. The third kappa shape index (κ3) is 24.0. The molecule has 0 aliphatic heterocycles. The number of carboxylic acids is 1. The second kappa shape index (κ2) is 34.2. The average molecular weight is 1180 g/mol. The molecule has 0 spiro atoms. The molecule has 10 amide bonds. The van der Waals surface area contributed by atoms with Gasteiger partial charge in [0, 0.05) is 12.8 Å². The lowest BCUT2D eigenvalue weighted by Crippen LogP contribution is -2.61. The van der Waals surface area contributed by atoms with Crippen molar-refractivity contribution in [2.45, 2.75) is 147 Å². The number of benzene rings is 3. The van der Waals surface area contributed by atoms with Gasteiger partial charge in [0.2, 0.25) is 59.1 Å². The van der Waals surface area contributed by atoms with Crippen molar-refractivity contribution in [2.75, 3.05) is 12.0 Å². The van der Waals surface area contributed by atoms with Gasteiger partial charge in [-0.05, 0) is 90.0 Å². The first kappa shape index (κ1) is 69.0. The third-order valence-corrected chi connectivity index (χ3v) is 14.0. The molecule has 17 N–H and O–H groups in total. The van der Waals surface area contributed by atoms with E-state index in [4.69, 9.17) is 17.2 Å². The Balaban J connectivity index is 1.90. The number of carbonyl (C=O) groups is 11. The van der Waals surface area contributed by atoms with E-state index in [1.54, 1.807) is 90.3 Å². The number of phenolic OH excluding ortho intramolecular Hbond substituents is 2.